The van der Waals surface area contributed by atoms with Gasteiger partial charge in [-0.2, -0.15) is 0 Å². The van der Waals surface area contributed by atoms with Crippen molar-refractivity contribution in [2.75, 3.05) is 23.2 Å². The minimum atomic E-state index is -3.50. The molecular formula is C15H19NO5S. The highest BCUT2D eigenvalue weighted by Gasteiger charge is 2.32. The van der Waals surface area contributed by atoms with Crippen molar-refractivity contribution in [3.8, 4) is 0 Å². The lowest BCUT2D eigenvalue weighted by Crippen LogP contribution is -2.37. The summed E-state index contributed by atoms with van der Waals surface area (Å²) in [6, 6.07) is 4.66. The molecule has 0 amide bonds. The standard InChI is InChI=1S/C15H19NO5S/c17-15(18)12-5-4-11-6-7-16(14(11)9-12)22(19,20)10-13-3-1-2-8-21-13/h4-5,9,13H,1-3,6-8,10H2,(H,17,18). The van der Waals surface area contributed by atoms with Gasteiger partial charge in [0.05, 0.1) is 23.1 Å². The van der Waals surface area contributed by atoms with Crippen molar-refractivity contribution in [1.82, 2.24) is 0 Å². The van der Waals surface area contributed by atoms with Crippen LogP contribution in [0.25, 0.3) is 0 Å². The lowest BCUT2D eigenvalue weighted by molar-refractivity contribution is 0.0305. The Bertz CT molecular complexity index is 679. The summed E-state index contributed by atoms with van der Waals surface area (Å²) in [4.78, 5) is 11.1. The molecule has 1 unspecified atom stereocenters. The maximum absolute atomic E-state index is 12.6. The molecule has 0 aromatic heterocycles. The third kappa shape index (κ3) is 2.96. The van der Waals surface area contributed by atoms with E-state index in [-0.39, 0.29) is 17.4 Å². The Kier molecular flexibility index (Phi) is 4.10. The fraction of sp³-hybridized carbons (Fsp3) is 0.533. The van der Waals surface area contributed by atoms with Crippen LogP contribution in [0.3, 0.4) is 0 Å². The number of nitrogens with zero attached hydrogens (tertiary/aromatic N) is 1. The van der Waals surface area contributed by atoms with Gasteiger partial charge in [-0.3, -0.25) is 4.31 Å². The summed E-state index contributed by atoms with van der Waals surface area (Å²) in [5.41, 5.74) is 1.48. The number of sulfonamides is 1. The average Bonchev–Trinajstić information content (AvgIpc) is 2.91. The van der Waals surface area contributed by atoms with Crippen LogP contribution >= 0.6 is 0 Å². The SMILES string of the molecule is O=C(O)c1ccc2c(c1)N(S(=O)(=O)CC1CCCCO1)CC2. The average molecular weight is 325 g/mol. The molecule has 1 aromatic rings. The van der Waals surface area contributed by atoms with E-state index >= 15 is 0 Å². The van der Waals surface area contributed by atoms with Gasteiger partial charge in [0.2, 0.25) is 10.0 Å². The second kappa shape index (κ2) is 5.89. The molecule has 1 aromatic carbocycles. The summed E-state index contributed by atoms with van der Waals surface area (Å²) in [5, 5.41) is 9.08. The fourth-order valence-electron chi connectivity index (χ4n) is 3.04. The topological polar surface area (TPSA) is 83.9 Å². The van der Waals surface area contributed by atoms with Gasteiger partial charge in [0.25, 0.3) is 0 Å². The van der Waals surface area contributed by atoms with Gasteiger partial charge in [0, 0.05) is 13.2 Å². The molecule has 7 heteroatoms. The second-order valence-electron chi connectivity index (χ2n) is 5.74. The van der Waals surface area contributed by atoms with E-state index in [0.717, 1.165) is 24.8 Å². The molecule has 1 saturated heterocycles. The number of carbonyl (C=O) groups is 1. The number of fused-ring (bicyclic) bond motifs is 1. The first-order chi connectivity index (χ1) is 10.5. The van der Waals surface area contributed by atoms with E-state index in [1.807, 2.05) is 0 Å². The van der Waals surface area contributed by atoms with Crippen molar-refractivity contribution < 1.29 is 23.1 Å². The third-order valence-corrected chi connectivity index (χ3v) is 6.04. The number of benzene rings is 1. The zero-order valence-electron chi connectivity index (χ0n) is 12.2. The largest absolute Gasteiger partial charge is 0.478 e. The summed E-state index contributed by atoms with van der Waals surface area (Å²) in [7, 11) is -3.50. The van der Waals surface area contributed by atoms with Gasteiger partial charge in [-0.05, 0) is 43.4 Å². The molecule has 2 aliphatic heterocycles. The molecule has 0 saturated carbocycles. The summed E-state index contributed by atoms with van der Waals surface area (Å²) in [5.74, 6) is -1.09. The number of hydrogen-bond acceptors (Lipinski definition) is 4. The van der Waals surface area contributed by atoms with E-state index in [4.69, 9.17) is 9.84 Å². The van der Waals surface area contributed by atoms with Crippen LogP contribution in [0.5, 0.6) is 0 Å². The van der Waals surface area contributed by atoms with Gasteiger partial charge in [-0.15, -0.1) is 0 Å². The molecule has 1 fully saturated rings. The number of aromatic carboxylic acids is 1. The summed E-state index contributed by atoms with van der Waals surface area (Å²) >= 11 is 0. The van der Waals surface area contributed by atoms with Gasteiger partial charge >= 0.3 is 5.97 Å². The van der Waals surface area contributed by atoms with Crippen LogP contribution in [0.2, 0.25) is 0 Å². The van der Waals surface area contributed by atoms with Gasteiger partial charge < -0.3 is 9.84 Å². The van der Waals surface area contributed by atoms with Crippen molar-refractivity contribution in [2.24, 2.45) is 0 Å². The molecule has 22 heavy (non-hydrogen) atoms. The molecule has 2 heterocycles. The Morgan fingerprint density at radius 2 is 2.18 bits per heavy atom. The van der Waals surface area contributed by atoms with Crippen LogP contribution < -0.4 is 4.31 Å². The van der Waals surface area contributed by atoms with Crippen molar-refractivity contribution in [2.45, 2.75) is 31.8 Å². The zero-order valence-corrected chi connectivity index (χ0v) is 13.0. The molecule has 0 bridgehead atoms. The first-order valence-electron chi connectivity index (χ1n) is 7.45. The monoisotopic (exact) mass is 325 g/mol. The molecule has 0 spiro atoms. The number of anilines is 1. The minimum absolute atomic E-state index is 0.0380. The summed E-state index contributed by atoms with van der Waals surface area (Å²) in [6.07, 6.45) is 3.07. The maximum atomic E-state index is 12.6. The predicted molar refractivity (Wildman–Crippen MR) is 81.8 cm³/mol. The second-order valence-corrected chi connectivity index (χ2v) is 7.68. The Labute approximate surface area is 129 Å². The molecule has 2 aliphatic rings. The van der Waals surface area contributed by atoms with Crippen molar-refractivity contribution >= 4 is 21.7 Å². The lowest BCUT2D eigenvalue weighted by atomic mass is 10.1. The third-order valence-electron chi connectivity index (χ3n) is 4.19. The zero-order chi connectivity index (χ0) is 15.7. The Morgan fingerprint density at radius 3 is 2.86 bits per heavy atom. The van der Waals surface area contributed by atoms with E-state index in [2.05, 4.69) is 0 Å². The van der Waals surface area contributed by atoms with Crippen LogP contribution in [0, 0.1) is 0 Å². The molecule has 1 N–H and O–H groups in total. The van der Waals surface area contributed by atoms with E-state index < -0.39 is 16.0 Å². The van der Waals surface area contributed by atoms with E-state index in [0.29, 0.717) is 25.3 Å². The summed E-state index contributed by atoms with van der Waals surface area (Å²) in [6.45, 7) is 0.980. The van der Waals surface area contributed by atoms with E-state index in [1.165, 1.54) is 16.4 Å². The van der Waals surface area contributed by atoms with Gasteiger partial charge in [0.15, 0.2) is 0 Å². The highest BCUT2D eigenvalue weighted by Crippen LogP contribution is 2.32. The first-order valence-corrected chi connectivity index (χ1v) is 9.06. The van der Waals surface area contributed by atoms with Crippen LogP contribution in [-0.4, -0.2) is 44.5 Å². The number of rotatable bonds is 4. The van der Waals surface area contributed by atoms with E-state index in [9.17, 15) is 13.2 Å². The molecule has 0 aliphatic carbocycles. The van der Waals surface area contributed by atoms with Crippen molar-refractivity contribution in [3.63, 3.8) is 0 Å². The molecule has 6 nitrogen and oxygen atoms in total. The predicted octanol–water partition coefficient (Wildman–Crippen LogP) is 1.65. The van der Waals surface area contributed by atoms with Crippen molar-refractivity contribution in [3.05, 3.63) is 29.3 Å². The first kappa shape index (κ1) is 15.3. The Balaban J connectivity index is 1.84. The molecule has 1 atom stereocenters. The fourth-order valence-corrected chi connectivity index (χ4v) is 4.79. The highest BCUT2D eigenvalue weighted by atomic mass is 32.2. The Hall–Kier alpha value is -1.60. The minimum Gasteiger partial charge on any atom is -0.478 e. The number of ether oxygens (including phenoxy) is 1. The quantitative estimate of drug-likeness (QED) is 0.910. The lowest BCUT2D eigenvalue weighted by Gasteiger charge is -2.26. The number of hydrogen-bond donors (Lipinski definition) is 1. The number of carboxylic acids is 1. The van der Waals surface area contributed by atoms with Crippen LogP contribution in [0.1, 0.15) is 35.2 Å². The molecular weight excluding hydrogens is 306 g/mol. The molecule has 120 valence electrons. The van der Waals surface area contributed by atoms with Gasteiger partial charge in [0.1, 0.15) is 0 Å². The Morgan fingerprint density at radius 1 is 1.36 bits per heavy atom. The normalized spacial score (nSPS) is 21.6. The smallest absolute Gasteiger partial charge is 0.335 e. The summed E-state index contributed by atoms with van der Waals surface area (Å²) < 4.78 is 32.2. The molecule has 3 rings (SSSR count). The van der Waals surface area contributed by atoms with Gasteiger partial charge in [-0.1, -0.05) is 6.07 Å². The van der Waals surface area contributed by atoms with Crippen LogP contribution in [-0.2, 0) is 21.2 Å². The van der Waals surface area contributed by atoms with E-state index in [1.54, 1.807) is 6.07 Å². The van der Waals surface area contributed by atoms with Gasteiger partial charge in [-0.25, -0.2) is 13.2 Å². The maximum Gasteiger partial charge on any atom is 0.335 e. The highest BCUT2D eigenvalue weighted by molar-refractivity contribution is 7.92. The van der Waals surface area contributed by atoms with Crippen LogP contribution in [0.15, 0.2) is 18.2 Å². The van der Waals surface area contributed by atoms with Crippen LogP contribution in [0.4, 0.5) is 5.69 Å². The molecule has 0 radical (unpaired) electrons. The number of carboxylic acid groups (broad SMARTS) is 1. The van der Waals surface area contributed by atoms with Crippen molar-refractivity contribution in [1.29, 1.82) is 0 Å².